The Bertz CT molecular complexity index is 1090. The summed E-state index contributed by atoms with van der Waals surface area (Å²) in [4.78, 5) is 12.2. The van der Waals surface area contributed by atoms with E-state index in [1.165, 1.54) is 18.2 Å². The predicted octanol–water partition coefficient (Wildman–Crippen LogP) is 2.79. The number of sulfonamides is 2. The summed E-state index contributed by atoms with van der Waals surface area (Å²) in [5.41, 5.74) is 1.60. The van der Waals surface area contributed by atoms with Crippen LogP contribution in [-0.4, -0.2) is 35.0 Å². The zero-order valence-corrected chi connectivity index (χ0v) is 18.4. The number of nitrogens with one attached hydrogen (secondary N) is 3. The van der Waals surface area contributed by atoms with Gasteiger partial charge in [0.1, 0.15) is 0 Å². The van der Waals surface area contributed by atoms with Gasteiger partial charge in [0.05, 0.1) is 10.6 Å². The zero-order chi connectivity index (χ0) is 22.2. The maximum atomic E-state index is 12.1. The van der Waals surface area contributed by atoms with E-state index in [4.69, 9.17) is 0 Å². The summed E-state index contributed by atoms with van der Waals surface area (Å²) in [6, 6.07) is 12.5. The largest absolute Gasteiger partial charge is 0.323 e. The Morgan fingerprint density at radius 1 is 0.900 bits per heavy atom. The molecule has 1 amide bonds. The van der Waals surface area contributed by atoms with Crippen molar-refractivity contribution in [1.82, 2.24) is 4.72 Å². The highest BCUT2D eigenvalue weighted by Crippen LogP contribution is 2.16. The molecule has 8 nitrogen and oxygen atoms in total. The highest BCUT2D eigenvalue weighted by atomic mass is 32.2. The number of hydrogen-bond acceptors (Lipinski definition) is 5. The highest BCUT2D eigenvalue weighted by molar-refractivity contribution is 7.92. The van der Waals surface area contributed by atoms with Gasteiger partial charge in [0.25, 0.3) is 0 Å². The quantitative estimate of drug-likeness (QED) is 0.480. The topological polar surface area (TPSA) is 121 Å². The first-order valence-corrected chi connectivity index (χ1v) is 12.5. The monoisotopic (exact) mass is 451 g/mol. The third kappa shape index (κ3) is 7.29. The number of benzene rings is 2. The van der Waals surface area contributed by atoms with E-state index >= 15 is 0 Å². The third-order valence-corrected chi connectivity index (χ3v) is 6.90. The van der Waals surface area contributed by atoms with E-state index in [-0.39, 0.29) is 16.6 Å². The Hall–Kier alpha value is -2.69. The van der Waals surface area contributed by atoms with Crippen molar-refractivity contribution < 1.29 is 21.6 Å². The lowest BCUT2D eigenvalue weighted by Gasteiger charge is -2.08. The van der Waals surface area contributed by atoms with Crippen molar-refractivity contribution >= 4 is 43.4 Å². The van der Waals surface area contributed by atoms with Crippen LogP contribution in [0.4, 0.5) is 11.4 Å². The molecule has 0 heterocycles. The number of rotatable bonds is 10. The molecule has 0 atom stereocenters. The molecule has 0 fully saturated rings. The number of carbonyl (C=O) groups is 1. The minimum absolute atomic E-state index is 0.0400. The van der Waals surface area contributed by atoms with E-state index in [1.54, 1.807) is 56.3 Å². The number of amides is 1. The first-order chi connectivity index (χ1) is 14.1. The van der Waals surface area contributed by atoms with E-state index in [2.05, 4.69) is 14.8 Å². The lowest BCUT2D eigenvalue weighted by molar-refractivity contribution is -0.111. The van der Waals surface area contributed by atoms with Crippen LogP contribution in [0, 0.1) is 0 Å². The van der Waals surface area contributed by atoms with Gasteiger partial charge in [0.15, 0.2) is 0 Å². The molecule has 0 aliphatic heterocycles. The van der Waals surface area contributed by atoms with Crippen LogP contribution in [0.5, 0.6) is 0 Å². The summed E-state index contributed by atoms with van der Waals surface area (Å²) in [5.74, 6) is -0.336. The summed E-state index contributed by atoms with van der Waals surface area (Å²) in [6.45, 7) is 3.78. The van der Waals surface area contributed by atoms with Gasteiger partial charge in [-0.1, -0.05) is 26.0 Å². The molecule has 10 heteroatoms. The van der Waals surface area contributed by atoms with Gasteiger partial charge in [-0.05, 0) is 54.5 Å². The fourth-order valence-corrected chi connectivity index (χ4v) is 4.68. The van der Waals surface area contributed by atoms with E-state index < -0.39 is 20.0 Å². The van der Waals surface area contributed by atoms with E-state index in [9.17, 15) is 21.6 Å². The number of anilines is 2. The molecular formula is C20H25N3O5S2. The standard InChI is InChI=1S/C20H25N3O5S2/c1-3-15-29(25,26)23-18-10-8-17(9-11-18)22-20(24)14-7-16-5-12-19(13-6-16)30(27,28)21-4-2/h5-14,21,23H,3-4,15H2,1-2H3,(H,22,24)/b14-7+. The smallest absolute Gasteiger partial charge is 0.248 e. The Morgan fingerprint density at radius 2 is 1.50 bits per heavy atom. The van der Waals surface area contributed by atoms with Crippen molar-refractivity contribution in [3.63, 3.8) is 0 Å². The van der Waals surface area contributed by atoms with Crippen LogP contribution in [0.25, 0.3) is 6.08 Å². The Kier molecular flexibility index (Phi) is 8.16. The average molecular weight is 452 g/mol. The first-order valence-electron chi connectivity index (χ1n) is 9.34. The van der Waals surface area contributed by atoms with Gasteiger partial charge < -0.3 is 5.32 Å². The van der Waals surface area contributed by atoms with Crippen molar-refractivity contribution in [2.24, 2.45) is 0 Å². The molecule has 2 aromatic carbocycles. The lowest BCUT2D eigenvalue weighted by Crippen LogP contribution is -2.22. The van der Waals surface area contributed by atoms with Gasteiger partial charge in [0, 0.05) is 24.0 Å². The summed E-state index contributed by atoms with van der Waals surface area (Å²) in [5, 5.41) is 2.67. The van der Waals surface area contributed by atoms with Crippen molar-refractivity contribution in [1.29, 1.82) is 0 Å². The Morgan fingerprint density at radius 3 is 2.07 bits per heavy atom. The molecule has 0 aliphatic carbocycles. The minimum Gasteiger partial charge on any atom is -0.323 e. The van der Waals surface area contributed by atoms with Crippen molar-refractivity contribution in [2.75, 3.05) is 22.3 Å². The Labute approximate surface area is 177 Å². The maximum Gasteiger partial charge on any atom is 0.248 e. The van der Waals surface area contributed by atoms with Gasteiger partial charge in [-0.2, -0.15) is 0 Å². The second kappa shape index (κ2) is 10.4. The van der Waals surface area contributed by atoms with Gasteiger partial charge in [-0.3, -0.25) is 9.52 Å². The van der Waals surface area contributed by atoms with Crippen molar-refractivity contribution in [3.05, 3.63) is 60.2 Å². The van der Waals surface area contributed by atoms with E-state index in [1.807, 2.05) is 0 Å². The lowest BCUT2D eigenvalue weighted by atomic mass is 10.2. The van der Waals surface area contributed by atoms with E-state index in [0.717, 1.165) is 0 Å². The SMILES string of the molecule is CCCS(=O)(=O)Nc1ccc(NC(=O)/C=C/c2ccc(S(=O)(=O)NCC)cc2)cc1. The van der Waals surface area contributed by atoms with Crippen molar-refractivity contribution in [2.45, 2.75) is 25.2 Å². The molecule has 2 aromatic rings. The van der Waals surface area contributed by atoms with Crippen LogP contribution in [-0.2, 0) is 24.8 Å². The molecular weight excluding hydrogens is 426 g/mol. The minimum atomic E-state index is -3.51. The summed E-state index contributed by atoms with van der Waals surface area (Å²) >= 11 is 0. The number of carbonyl (C=O) groups excluding carboxylic acids is 1. The van der Waals surface area contributed by atoms with Crippen LogP contribution in [0.3, 0.4) is 0 Å². The second-order valence-electron chi connectivity index (χ2n) is 6.39. The summed E-state index contributed by atoms with van der Waals surface area (Å²) in [7, 11) is -6.88. The zero-order valence-electron chi connectivity index (χ0n) is 16.8. The molecule has 0 saturated heterocycles. The molecule has 2 rings (SSSR count). The Balaban J connectivity index is 1.96. The van der Waals surface area contributed by atoms with Crippen LogP contribution in [0.2, 0.25) is 0 Å². The average Bonchev–Trinajstić information content (AvgIpc) is 2.68. The molecule has 0 saturated carbocycles. The summed E-state index contributed by atoms with van der Waals surface area (Å²) < 4.78 is 52.2. The number of hydrogen-bond donors (Lipinski definition) is 3. The fourth-order valence-electron chi connectivity index (χ4n) is 2.51. The molecule has 0 bridgehead atoms. The molecule has 162 valence electrons. The molecule has 0 aliphatic rings. The van der Waals surface area contributed by atoms with Crippen LogP contribution < -0.4 is 14.8 Å². The molecule has 0 unspecified atom stereocenters. The molecule has 0 radical (unpaired) electrons. The summed E-state index contributed by atoms with van der Waals surface area (Å²) in [6.07, 6.45) is 3.40. The normalized spacial score (nSPS) is 12.1. The van der Waals surface area contributed by atoms with Crippen LogP contribution >= 0.6 is 0 Å². The van der Waals surface area contributed by atoms with Crippen molar-refractivity contribution in [3.8, 4) is 0 Å². The predicted molar refractivity (Wildman–Crippen MR) is 119 cm³/mol. The molecule has 3 N–H and O–H groups in total. The molecule has 30 heavy (non-hydrogen) atoms. The maximum absolute atomic E-state index is 12.1. The van der Waals surface area contributed by atoms with Crippen LogP contribution in [0.1, 0.15) is 25.8 Å². The molecule has 0 spiro atoms. The third-order valence-electron chi connectivity index (χ3n) is 3.85. The second-order valence-corrected chi connectivity index (χ2v) is 10.0. The van der Waals surface area contributed by atoms with Gasteiger partial charge in [0.2, 0.25) is 26.0 Å². The van der Waals surface area contributed by atoms with Crippen LogP contribution in [0.15, 0.2) is 59.5 Å². The van der Waals surface area contributed by atoms with Gasteiger partial charge >= 0.3 is 0 Å². The van der Waals surface area contributed by atoms with E-state index in [0.29, 0.717) is 29.9 Å². The first kappa shape index (κ1) is 23.6. The highest BCUT2D eigenvalue weighted by Gasteiger charge is 2.11. The fraction of sp³-hybridized carbons (Fsp3) is 0.250. The van der Waals surface area contributed by atoms with Gasteiger partial charge in [-0.15, -0.1) is 0 Å². The van der Waals surface area contributed by atoms with Gasteiger partial charge in [-0.25, -0.2) is 21.6 Å². The molecule has 0 aromatic heterocycles.